The standard InChI is InChI=1S/C31H28/c1-21-13-15-23(16-14-21)27-11-6-12-29-30(27)20-25-9-4-5-10-28(25)31(29)26-18-17-22-7-2-3-8-24(22)19-26/h3-6,8-13,15-21,29,31H,2,7,14H2,1H3. The minimum absolute atomic E-state index is 0.351. The molecule has 0 fully saturated rings. The van der Waals surface area contributed by atoms with Gasteiger partial charge in [-0.15, -0.1) is 0 Å². The normalized spacial score (nSPS) is 25.7. The van der Waals surface area contributed by atoms with Gasteiger partial charge < -0.3 is 0 Å². The summed E-state index contributed by atoms with van der Waals surface area (Å²) >= 11 is 0. The van der Waals surface area contributed by atoms with Gasteiger partial charge in [-0.3, -0.25) is 0 Å². The van der Waals surface area contributed by atoms with Gasteiger partial charge in [0.05, 0.1) is 0 Å². The number of allylic oxidation sites excluding steroid dienone is 10. The lowest BCUT2D eigenvalue weighted by atomic mass is 9.67. The molecule has 0 amide bonds. The predicted molar refractivity (Wildman–Crippen MR) is 132 cm³/mol. The Hall–Kier alpha value is -3.12. The monoisotopic (exact) mass is 400 g/mol. The van der Waals surface area contributed by atoms with Crippen molar-refractivity contribution in [2.45, 2.75) is 32.1 Å². The molecule has 0 saturated carbocycles. The van der Waals surface area contributed by atoms with Gasteiger partial charge >= 0.3 is 0 Å². The molecule has 0 bridgehead atoms. The molecule has 2 aromatic carbocycles. The fourth-order valence-electron chi connectivity index (χ4n) is 5.62. The molecule has 0 N–H and O–H groups in total. The van der Waals surface area contributed by atoms with E-state index in [1.165, 1.54) is 44.5 Å². The maximum atomic E-state index is 2.45. The Bertz CT molecular complexity index is 1220. The first-order chi connectivity index (χ1) is 15.3. The zero-order chi connectivity index (χ0) is 20.8. The van der Waals surface area contributed by atoms with Crippen LogP contribution in [0.1, 0.15) is 53.5 Å². The van der Waals surface area contributed by atoms with Crippen molar-refractivity contribution in [3.63, 3.8) is 0 Å². The Morgan fingerprint density at radius 2 is 1.87 bits per heavy atom. The Morgan fingerprint density at radius 1 is 0.935 bits per heavy atom. The van der Waals surface area contributed by atoms with Crippen LogP contribution >= 0.6 is 0 Å². The summed E-state index contributed by atoms with van der Waals surface area (Å²) in [4.78, 5) is 0. The van der Waals surface area contributed by atoms with E-state index in [4.69, 9.17) is 0 Å². The third-order valence-electron chi connectivity index (χ3n) is 7.28. The molecular weight excluding hydrogens is 372 g/mol. The Morgan fingerprint density at radius 3 is 2.77 bits per heavy atom. The number of hydrogen-bond donors (Lipinski definition) is 0. The fourth-order valence-corrected chi connectivity index (χ4v) is 5.62. The molecule has 0 saturated heterocycles. The molecule has 3 unspecified atom stereocenters. The van der Waals surface area contributed by atoms with Gasteiger partial charge in [0.15, 0.2) is 0 Å². The second kappa shape index (κ2) is 7.54. The van der Waals surface area contributed by atoms with E-state index in [1.807, 2.05) is 0 Å². The summed E-state index contributed by atoms with van der Waals surface area (Å²) in [5, 5.41) is 0. The predicted octanol–water partition coefficient (Wildman–Crippen LogP) is 7.81. The minimum atomic E-state index is 0.351. The highest BCUT2D eigenvalue weighted by Crippen LogP contribution is 2.49. The Labute approximate surface area is 185 Å². The zero-order valence-corrected chi connectivity index (χ0v) is 18.1. The molecule has 0 nitrogen and oxygen atoms in total. The lowest BCUT2D eigenvalue weighted by Crippen LogP contribution is -2.23. The maximum Gasteiger partial charge on any atom is 0.0199 e. The van der Waals surface area contributed by atoms with Crippen molar-refractivity contribution in [2.24, 2.45) is 11.8 Å². The smallest absolute Gasteiger partial charge is 0.0199 e. The largest absolute Gasteiger partial charge is 0.0836 e. The van der Waals surface area contributed by atoms with Crippen LogP contribution in [-0.4, -0.2) is 0 Å². The molecular formula is C31H28. The lowest BCUT2D eigenvalue weighted by Gasteiger charge is -2.36. The van der Waals surface area contributed by atoms with Crippen molar-refractivity contribution >= 4 is 12.2 Å². The van der Waals surface area contributed by atoms with Gasteiger partial charge in [0.25, 0.3) is 0 Å². The summed E-state index contributed by atoms with van der Waals surface area (Å²) in [6.07, 6.45) is 24.6. The van der Waals surface area contributed by atoms with Crippen LogP contribution in [0.3, 0.4) is 0 Å². The van der Waals surface area contributed by atoms with Gasteiger partial charge in [-0.2, -0.15) is 0 Å². The molecule has 31 heavy (non-hydrogen) atoms. The van der Waals surface area contributed by atoms with Crippen LogP contribution in [-0.2, 0) is 6.42 Å². The van der Waals surface area contributed by atoms with Crippen molar-refractivity contribution in [1.29, 1.82) is 0 Å². The maximum absolute atomic E-state index is 2.45. The molecule has 0 spiro atoms. The van der Waals surface area contributed by atoms with Crippen LogP contribution in [0, 0.1) is 11.8 Å². The highest BCUT2D eigenvalue weighted by Gasteiger charge is 2.34. The van der Waals surface area contributed by atoms with Crippen molar-refractivity contribution in [3.8, 4) is 0 Å². The van der Waals surface area contributed by atoms with E-state index < -0.39 is 0 Å². The average molecular weight is 401 g/mol. The van der Waals surface area contributed by atoms with E-state index >= 15 is 0 Å². The molecule has 6 rings (SSSR count). The summed E-state index contributed by atoms with van der Waals surface area (Å²) in [5.74, 6) is 1.36. The molecule has 0 aromatic heterocycles. The molecule has 0 aliphatic heterocycles. The van der Waals surface area contributed by atoms with E-state index in [0.29, 0.717) is 17.8 Å². The SMILES string of the molecule is CC1C=CC(C2=CC=CC3C2=Cc2ccccc2C3c2ccc3c(c2)C=CCC3)=CC1. The second-order valence-corrected chi connectivity index (χ2v) is 9.33. The number of benzene rings is 2. The van der Waals surface area contributed by atoms with Crippen LogP contribution in [0.2, 0.25) is 0 Å². The number of hydrogen-bond acceptors (Lipinski definition) is 0. The van der Waals surface area contributed by atoms with Crippen LogP contribution in [0.4, 0.5) is 0 Å². The first-order valence-corrected chi connectivity index (χ1v) is 11.7. The van der Waals surface area contributed by atoms with Gasteiger partial charge in [0.2, 0.25) is 0 Å². The summed E-state index contributed by atoms with van der Waals surface area (Å²) in [6.45, 7) is 2.29. The molecule has 4 aliphatic rings. The van der Waals surface area contributed by atoms with E-state index in [0.717, 1.165) is 19.3 Å². The molecule has 2 aromatic rings. The van der Waals surface area contributed by atoms with Gasteiger partial charge in [0.1, 0.15) is 0 Å². The highest BCUT2D eigenvalue weighted by atomic mass is 14.4. The number of rotatable bonds is 2. The lowest BCUT2D eigenvalue weighted by molar-refractivity contribution is 0.644. The molecule has 152 valence electrons. The van der Waals surface area contributed by atoms with Crippen molar-refractivity contribution in [2.75, 3.05) is 0 Å². The molecule has 4 aliphatic carbocycles. The van der Waals surface area contributed by atoms with Crippen LogP contribution in [0.5, 0.6) is 0 Å². The molecule has 3 atom stereocenters. The average Bonchev–Trinajstić information content (AvgIpc) is 2.82. The van der Waals surface area contributed by atoms with E-state index in [9.17, 15) is 0 Å². The van der Waals surface area contributed by atoms with Crippen LogP contribution in [0.25, 0.3) is 12.2 Å². The highest BCUT2D eigenvalue weighted by molar-refractivity contribution is 5.74. The summed E-state index contributed by atoms with van der Waals surface area (Å²) in [7, 11) is 0. The van der Waals surface area contributed by atoms with E-state index in [2.05, 4.69) is 104 Å². The van der Waals surface area contributed by atoms with Crippen LogP contribution in [0.15, 0.2) is 102 Å². The third-order valence-corrected chi connectivity index (χ3v) is 7.28. The first kappa shape index (κ1) is 18.6. The minimum Gasteiger partial charge on any atom is -0.0836 e. The Balaban J connectivity index is 1.48. The second-order valence-electron chi connectivity index (χ2n) is 9.33. The van der Waals surface area contributed by atoms with E-state index in [1.54, 1.807) is 0 Å². The summed E-state index contributed by atoms with van der Waals surface area (Å²) < 4.78 is 0. The molecule has 0 heterocycles. The topological polar surface area (TPSA) is 0 Å². The van der Waals surface area contributed by atoms with Gasteiger partial charge in [0, 0.05) is 11.8 Å². The van der Waals surface area contributed by atoms with Crippen molar-refractivity contribution in [1.82, 2.24) is 0 Å². The van der Waals surface area contributed by atoms with Gasteiger partial charge in [-0.25, -0.2) is 0 Å². The van der Waals surface area contributed by atoms with E-state index in [-0.39, 0.29) is 0 Å². The quantitative estimate of drug-likeness (QED) is 0.482. The summed E-state index contributed by atoms with van der Waals surface area (Å²) in [6, 6.07) is 16.2. The number of fused-ring (bicyclic) bond motifs is 3. The summed E-state index contributed by atoms with van der Waals surface area (Å²) in [5.41, 5.74) is 11.4. The molecule has 0 radical (unpaired) electrons. The van der Waals surface area contributed by atoms with Crippen molar-refractivity contribution in [3.05, 3.63) is 130 Å². The Kier molecular flexibility index (Phi) is 4.53. The zero-order valence-electron chi connectivity index (χ0n) is 18.1. The fraction of sp³-hybridized carbons (Fsp3) is 0.226. The van der Waals surface area contributed by atoms with Gasteiger partial charge in [-0.05, 0) is 69.7 Å². The van der Waals surface area contributed by atoms with Crippen LogP contribution < -0.4 is 0 Å². The number of aryl methyl sites for hydroxylation is 1. The molecule has 0 heteroatoms. The first-order valence-electron chi connectivity index (χ1n) is 11.7. The third kappa shape index (κ3) is 3.22. The van der Waals surface area contributed by atoms with Crippen molar-refractivity contribution < 1.29 is 0 Å². The van der Waals surface area contributed by atoms with Gasteiger partial charge in [-0.1, -0.05) is 104 Å².